The number of rotatable bonds is 5. The second kappa shape index (κ2) is 5.08. The molecule has 22 heavy (non-hydrogen) atoms. The van der Waals surface area contributed by atoms with Crippen LogP contribution in [-0.4, -0.2) is 15.6 Å². The van der Waals surface area contributed by atoms with Gasteiger partial charge in [-0.05, 0) is 55.1 Å². The van der Waals surface area contributed by atoms with Gasteiger partial charge in [0.15, 0.2) is 5.78 Å². The molecule has 2 aliphatic carbocycles. The third kappa shape index (κ3) is 2.49. The summed E-state index contributed by atoms with van der Waals surface area (Å²) in [4.78, 5) is 12.6. The molecule has 2 aliphatic rings. The van der Waals surface area contributed by atoms with Crippen molar-refractivity contribution in [1.82, 2.24) is 9.78 Å². The van der Waals surface area contributed by atoms with Gasteiger partial charge in [-0.25, -0.2) is 0 Å². The molecule has 1 aromatic carbocycles. The summed E-state index contributed by atoms with van der Waals surface area (Å²) in [6.07, 6.45) is 6.48. The van der Waals surface area contributed by atoms with E-state index in [1.54, 1.807) is 4.68 Å². The van der Waals surface area contributed by atoms with Crippen molar-refractivity contribution in [3.63, 3.8) is 0 Å². The fraction of sp³-hybridized carbons (Fsp3) is 0.474. The van der Waals surface area contributed by atoms with Gasteiger partial charge in [0.25, 0.3) is 0 Å². The lowest BCUT2D eigenvalue weighted by atomic mass is 9.95. The van der Waals surface area contributed by atoms with Crippen LogP contribution in [0.5, 0.6) is 0 Å². The summed E-state index contributed by atoms with van der Waals surface area (Å²) < 4.78 is 1.72. The Morgan fingerprint density at radius 1 is 1.32 bits per heavy atom. The Balaban J connectivity index is 1.55. The maximum Gasteiger partial charge on any atom is 0.170 e. The molecule has 0 saturated heterocycles. The molecule has 0 bridgehead atoms. The van der Waals surface area contributed by atoms with Gasteiger partial charge in [-0.2, -0.15) is 5.10 Å². The van der Waals surface area contributed by atoms with Crippen molar-refractivity contribution in [3.05, 3.63) is 52.8 Å². The van der Waals surface area contributed by atoms with Crippen molar-refractivity contribution < 1.29 is 4.79 Å². The molecule has 2 fully saturated rings. The van der Waals surface area contributed by atoms with E-state index in [0.29, 0.717) is 12.3 Å². The molecule has 2 aromatic rings. The van der Waals surface area contributed by atoms with Gasteiger partial charge in [0.1, 0.15) is 0 Å². The molecule has 0 radical (unpaired) electrons. The molecule has 0 aliphatic heterocycles. The topological polar surface area (TPSA) is 34.9 Å². The summed E-state index contributed by atoms with van der Waals surface area (Å²) in [5, 5.41) is 4.28. The molecule has 4 rings (SSSR count). The van der Waals surface area contributed by atoms with E-state index < -0.39 is 0 Å². The third-order valence-electron chi connectivity index (χ3n) is 5.19. The molecule has 0 spiro atoms. The molecule has 1 aromatic heterocycles. The summed E-state index contributed by atoms with van der Waals surface area (Å²) >= 11 is 0. The van der Waals surface area contributed by atoms with Gasteiger partial charge in [0, 0.05) is 19.7 Å². The zero-order valence-corrected chi connectivity index (χ0v) is 13.2. The number of aromatic nitrogens is 2. The van der Waals surface area contributed by atoms with Crippen molar-refractivity contribution in [2.45, 2.75) is 38.5 Å². The summed E-state index contributed by atoms with van der Waals surface area (Å²) in [6.45, 7) is 1.91. The van der Waals surface area contributed by atoms with E-state index in [-0.39, 0.29) is 5.78 Å². The second-order valence-corrected chi connectivity index (χ2v) is 6.94. The average Bonchev–Trinajstić information content (AvgIpc) is 3.36. The summed E-state index contributed by atoms with van der Waals surface area (Å²) in [5.74, 6) is 2.74. The van der Waals surface area contributed by atoms with E-state index in [0.717, 1.165) is 23.1 Å². The maximum atomic E-state index is 12.6. The van der Waals surface area contributed by atoms with Gasteiger partial charge in [0.05, 0.1) is 11.3 Å². The number of hydrogen-bond donors (Lipinski definition) is 0. The highest BCUT2D eigenvalue weighted by Crippen LogP contribution is 2.59. The normalized spacial score (nSPS) is 23.5. The molecule has 0 amide bonds. The fourth-order valence-electron chi connectivity index (χ4n) is 3.82. The van der Waals surface area contributed by atoms with Crippen molar-refractivity contribution in [1.29, 1.82) is 0 Å². The Kier molecular flexibility index (Phi) is 3.17. The van der Waals surface area contributed by atoms with E-state index in [2.05, 4.69) is 29.4 Å². The monoisotopic (exact) mass is 294 g/mol. The van der Waals surface area contributed by atoms with E-state index in [1.165, 1.54) is 30.4 Å². The van der Waals surface area contributed by atoms with Crippen molar-refractivity contribution in [2.24, 2.45) is 18.9 Å². The number of Topliss-reactive ketones (excluding diaryl/α,β-unsaturated/α-hetero) is 1. The van der Waals surface area contributed by atoms with Crippen LogP contribution in [-0.2, 0) is 13.5 Å². The molecule has 2 atom stereocenters. The van der Waals surface area contributed by atoms with E-state index >= 15 is 0 Å². The van der Waals surface area contributed by atoms with Crippen LogP contribution in [0.2, 0.25) is 0 Å². The largest absolute Gasteiger partial charge is 0.294 e. The van der Waals surface area contributed by atoms with Gasteiger partial charge in [-0.3, -0.25) is 9.48 Å². The quantitative estimate of drug-likeness (QED) is 0.789. The number of ketones is 1. The van der Waals surface area contributed by atoms with Crippen LogP contribution in [0, 0.1) is 18.8 Å². The molecule has 3 nitrogen and oxygen atoms in total. The number of benzene rings is 1. The molecule has 0 N–H and O–H groups in total. The van der Waals surface area contributed by atoms with Crippen LogP contribution < -0.4 is 0 Å². The third-order valence-corrected chi connectivity index (χ3v) is 5.19. The molecule has 2 unspecified atom stereocenters. The van der Waals surface area contributed by atoms with E-state index in [4.69, 9.17) is 0 Å². The summed E-state index contributed by atoms with van der Waals surface area (Å²) in [6, 6.07) is 8.52. The number of aryl methyl sites for hydroxylation is 2. The summed E-state index contributed by atoms with van der Waals surface area (Å²) in [7, 11) is 1.86. The maximum absolute atomic E-state index is 12.6. The molecule has 114 valence electrons. The molecule has 1 heterocycles. The highest BCUT2D eigenvalue weighted by Gasteiger charge is 2.48. The van der Waals surface area contributed by atoms with Crippen molar-refractivity contribution in [2.75, 3.05) is 0 Å². The van der Waals surface area contributed by atoms with Crippen LogP contribution in [0.4, 0.5) is 0 Å². The number of hydrogen-bond acceptors (Lipinski definition) is 2. The standard InChI is InChI=1S/C19H22N2O/c1-12-18(11-21(2)20-12)19(22)9-14-5-3-4-6-15(14)17-10-16(17)13-7-8-13/h3-6,11,13,16-17H,7-10H2,1-2H3. The minimum Gasteiger partial charge on any atom is -0.294 e. The van der Waals surface area contributed by atoms with E-state index in [1.807, 2.05) is 20.2 Å². The van der Waals surface area contributed by atoms with Crippen molar-refractivity contribution in [3.8, 4) is 0 Å². The average molecular weight is 294 g/mol. The predicted octanol–water partition coefficient (Wildman–Crippen LogP) is 3.67. The number of carbonyl (C=O) groups excluding carboxylic acids is 1. The Morgan fingerprint density at radius 2 is 2.09 bits per heavy atom. The first-order chi connectivity index (χ1) is 10.6. The van der Waals surface area contributed by atoms with Crippen LogP contribution in [0.15, 0.2) is 30.5 Å². The first-order valence-electron chi connectivity index (χ1n) is 8.24. The van der Waals surface area contributed by atoms with Gasteiger partial charge >= 0.3 is 0 Å². The second-order valence-electron chi connectivity index (χ2n) is 6.94. The van der Waals surface area contributed by atoms with Crippen LogP contribution in [0.25, 0.3) is 0 Å². The molecule has 3 heteroatoms. The Hall–Kier alpha value is -1.90. The molecular weight excluding hydrogens is 272 g/mol. The zero-order chi connectivity index (χ0) is 15.3. The number of carbonyl (C=O) groups is 1. The fourth-order valence-corrected chi connectivity index (χ4v) is 3.82. The van der Waals surface area contributed by atoms with Gasteiger partial charge in [-0.15, -0.1) is 0 Å². The minimum absolute atomic E-state index is 0.182. The lowest BCUT2D eigenvalue weighted by Gasteiger charge is -2.08. The molecular formula is C19H22N2O. The highest BCUT2D eigenvalue weighted by atomic mass is 16.1. The van der Waals surface area contributed by atoms with Gasteiger partial charge in [0.2, 0.25) is 0 Å². The minimum atomic E-state index is 0.182. The van der Waals surface area contributed by atoms with Crippen LogP contribution in [0.1, 0.15) is 52.4 Å². The number of nitrogens with zero attached hydrogens (tertiary/aromatic N) is 2. The van der Waals surface area contributed by atoms with Crippen molar-refractivity contribution >= 4 is 5.78 Å². The summed E-state index contributed by atoms with van der Waals surface area (Å²) in [5.41, 5.74) is 4.21. The Labute approximate surface area is 131 Å². The lowest BCUT2D eigenvalue weighted by Crippen LogP contribution is -2.06. The van der Waals surface area contributed by atoms with Crippen LogP contribution >= 0.6 is 0 Å². The first-order valence-corrected chi connectivity index (χ1v) is 8.24. The van der Waals surface area contributed by atoms with Gasteiger partial charge < -0.3 is 0 Å². The zero-order valence-electron chi connectivity index (χ0n) is 13.2. The predicted molar refractivity (Wildman–Crippen MR) is 86.0 cm³/mol. The smallest absolute Gasteiger partial charge is 0.170 e. The first kappa shape index (κ1) is 13.7. The SMILES string of the molecule is Cc1nn(C)cc1C(=O)Cc1ccccc1C1CC1C1CC1. The Bertz CT molecular complexity index is 727. The molecule has 2 saturated carbocycles. The van der Waals surface area contributed by atoms with Gasteiger partial charge in [-0.1, -0.05) is 24.3 Å². The highest BCUT2D eigenvalue weighted by molar-refractivity contribution is 5.98. The van der Waals surface area contributed by atoms with Crippen LogP contribution in [0.3, 0.4) is 0 Å². The lowest BCUT2D eigenvalue weighted by molar-refractivity contribution is 0.0992. The van der Waals surface area contributed by atoms with E-state index in [9.17, 15) is 4.79 Å². The Morgan fingerprint density at radius 3 is 2.77 bits per heavy atom.